The van der Waals surface area contributed by atoms with Gasteiger partial charge >= 0.3 is 0 Å². The molecular weight excluding hydrogens is 372 g/mol. The lowest BCUT2D eigenvalue weighted by atomic mass is 10.1. The van der Waals surface area contributed by atoms with Crippen LogP contribution in [-0.4, -0.2) is 24.0 Å². The summed E-state index contributed by atoms with van der Waals surface area (Å²) < 4.78 is 16.3. The summed E-state index contributed by atoms with van der Waals surface area (Å²) >= 11 is 0. The molecule has 0 radical (unpaired) electrons. The van der Waals surface area contributed by atoms with E-state index in [1.165, 1.54) is 14.0 Å². The highest BCUT2D eigenvalue weighted by Crippen LogP contribution is 2.30. The standard InChI is InChI=1S/C22H22N2O5/c1-13-19(15(3)29-24-13)12-28-20-10-7-17(11-21(20)27-4)22(26)23-18-8-5-16(6-9-18)14(2)25/h5-11H,12H2,1-4H3,(H,23,26). The van der Waals surface area contributed by atoms with Gasteiger partial charge in [0.05, 0.1) is 18.4 Å². The molecule has 150 valence electrons. The Morgan fingerprint density at radius 3 is 2.31 bits per heavy atom. The van der Waals surface area contributed by atoms with Crippen LogP contribution in [0.2, 0.25) is 0 Å². The van der Waals surface area contributed by atoms with E-state index in [9.17, 15) is 9.59 Å². The molecule has 0 saturated carbocycles. The van der Waals surface area contributed by atoms with Crippen molar-refractivity contribution in [2.45, 2.75) is 27.4 Å². The van der Waals surface area contributed by atoms with Crippen LogP contribution in [0.4, 0.5) is 5.69 Å². The lowest BCUT2D eigenvalue weighted by Gasteiger charge is -2.12. The van der Waals surface area contributed by atoms with Gasteiger partial charge in [0.2, 0.25) is 0 Å². The zero-order chi connectivity index (χ0) is 21.0. The number of nitrogens with one attached hydrogen (secondary N) is 1. The van der Waals surface area contributed by atoms with E-state index in [4.69, 9.17) is 14.0 Å². The Morgan fingerprint density at radius 1 is 1.03 bits per heavy atom. The topological polar surface area (TPSA) is 90.7 Å². The van der Waals surface area contributed by atoms with Crippen molar-refractivity contribution in [1.82, 2.24) is 5.16 Å². The number of methoxy groups -OCH3 is 1. The first kappa shape index (κ1) is 20.1. The monoisotopic (exact) mass is 394 g/mol. The lowest BCUT2D eigenvalue weighted by Crippen LogP contribution is -2.12. The third-order valence-corrected chi connectivity index (χ3v) is 4.53. The lowest BCUT2D eigenvalue weighted by molar-refractivity contribution is 0.101. The highest BCUT2D eigenvalue weighted by Gasteiger charge is 2.14. The minimum absolute atomic E-state index is 0.0280. The average molecular weight is 394 g/mol. The first-order valence-electron chi connectivity index (χ1n) is 9.04. The molecule has 0 aliphatic carbocycles. The maximum absolute atomic E-state index is 12.6. The second-order valence-electron chi connectivity index (χ2n) is 6.54. The van der Waals surface area contributed by atoms with Gasteiger partial charge in [-0.2, -0.15) is 0 Å². The largest absolute Gasteiger partial charge is 0.493 e. The number of amides is 1. The quantitative estimate of drug-likeness (QED) is 0.600. The molecule has 0 atom stereocenters. The summed E-state index contributed by atoms with van der Waals surface area (Å²) in [4.78, 5) is 23.9. The van der Waals surface area contributed by atoms with E-state index in [1.54, 1.807) is 42.5 Å². The Bertz CT molecular complexity index is 1020. The van der Waals surface area contributed by atoms with Crippen LogP contribution in [0.5, 0.6) is 11.5 Å². The number of Topliss-reactive ketones (excluding diaryl/α,β-unsaturated/α-hetero) is 1. The van der Waals surface area contributed by atoms with Crippen LogP contribution >= 0.6 is 0 Å². The number of carbonyl (C=O) groups is 2. The molecule has 0 bridgehead atoms. The Morgan fingerprint density at radius 2 is 1.72 bits per heavy atom. The summed E-state index contributed by atoms with van der Waals surface area (Å²) in [6, 6.07) is 11.7. The van der Waals surface area contributed by atoms with Gasteiger partial charge in [0.1, 0.15) is 12.4 Å². The molecule has 1 heterocycles. The predicted octanol–water partition coefficient (Wildman–Crippen LogP) is 4.33. The van der Waals surface area contributed by atoms with Crippen LogP contribution < -0.4 is 14.8 Å². The Hall–Kier alpha value is -3.61. The maximum atomic E-state index is 12.6. The van der Waals surface area contributed by atoms with E-state index >= 15 is 0 Å². The number of ketones is 1. The molecule has 1 aromatic heterocycles. The minimum atomic E-state index is -0.295. The molecule has 1 amide bonds. The molecule has 0 unspecified atom stereocenters. The molecule has 7 heteroatoms. The number of hydrogen-bond donors (Lipinski definition) is 1. The molecule has 0 fully saturated rings. The van der Waals surface area contributed by atoms with Crippen molar-refractivity contribution in [3.8, 4) is 11.5 Å². The molecule has 3 rings (SSSR count). The van der Waals surface area contributed by atoms with Crippen molar-refractivity contribution < 1.29 is 23.6 Å². The number of aryl methyl sites for hydroxylation is 2. The molecule has 0 aliphatic heterocycles. The van der Waals surface area contributed by atoms with Crippen molar-refractivity contribution in [3.63, 3.8) is 0 Å². The summed E-state index contributed by atoms with van der Waals surface area (Å²) in [5.41, 5.74) is 3.25. The van der Waals surface area contributed by atoms with E-state index < -0.39 is 0 Å². The van der Waals surface area contributed by atoms with Gasteiger partial charge in [0.15, 0.2) is 17.3 Å². The number of anilines is 1. The predicted molar refractivity (Wildman–Crippen MR) is 108 cm³/mol. The second-order valence-corrected chi connectivity index (χ2v) is 6.54. The van der Waals surface area contributed by atoms with Crippen LogP contribution in [-0.2, 0) is 6.61 Å². The molecule has 0 spiro atoms. The van der Waals surface area contributed by atoms with Gasteiger partial charge in [-0.15, -0.1) is 0 Å². The summed E-state index contributed by atoms with van der Waals surface area (Å²) in [5, 5.41) is 6.70. The smallest absolute Gasteiger partial charge is 0.255 e. The minimum Gasteiger partial charge on any atom is -0.493 e. The maximum Gasteiger partial charge on any atom is 0.255 e. The number of carbonyl (C=O) groups excluding carboxylic acids is 2. The van der Waals surface area contributed by atoms with Crippen molar-refractivity contribution >= 4 is 17.4 Å². The van der Waals surface area contributed by atoms with Gasteiger partial charge in [-0.05, 0) is 63.2 Å². The van der Waals surface area contributed by atoms with Crippen molar-refractivity contribution in [2.24, 2.45) is 0 Å². The Kier molecular flexibility index (Phi) is 5.97. The zero-order valence-electron chi connectivity index (χ0n) is 16.7. The van der Waals surface area contributed by atoms with Crippen LogP contribution in [0.3, 0.4) is 0 Å². The van der Waals surface area contributed by atoms with Crippen molar-refractivity contribution in [3.05, 3.63) is 70.6 Å². The fourth-order valence-corrected chi connectivity index (χ4v) is 2.78. The van der Waals surface area contributed by atoms with Gasteiger partial charge in [-0.1, -0.05) is 5.16 Å². The average Bonchev–Trinajstić information content (AvgIpc) is 3.04. The fraction of sp³-hybridized carbons (Fsp3) is 0.227. The van der Waals surface area contributed by atoms with Crippen LogP contribution in [0, 0.1) is 13.8 Å². The number of rotatable bonds is 7. The molecule has 29 heavy (non-hydrogen) atoms. The third-order valence-electron chi connectivity index (χ3n) is 4.53. The molecule has 1 N–H and O–H groups in total. The molecule has 0 aliphatic rings. The van der Waals surface area contributed by atoms with Crippen LogP contribution in [0.15, 0.2) is 47.0 Å². The normalized spacial score (nSPS) is 10.5. The van der Waals surface area contributed by atoms with E-state index in [-0.39, 0.29) is 18.3 Å². The number of ether oxygens (including phenoxy) is 2. The fourth-order valence-electron chi connectivity index (χ4n) is 2.78. The van der Waals surface area contributed by atoms with Crippen LogP contribution in [0.1, 0.15) is 44.7 Å². The van der Waals surface area contributed by atoms with E-state index in [1.807, 2.05) is 13.8 Å². The number of benzene rings is 2. The summed E-state index contributed by atoms with van der Waals surface area (Å²) in [6.45, 7) is 5.45. The third kappa shape index (κ3) is 4.63. The van der Waals surface area contributed by atoms with Crippen LogP contribution in [0.25, 0.3) is 0 Å². The molecule has 2 aromatic carbocycles. The van der Waals surface area contributed by atoms with E-state index in [0.29, 0.717) is 34.1 Å². The van der Waals surface area contributed by atoms with Gasteiger partial charge in [0.25, 0.3) is 5.91 Å². The van der Waals surface area contributed by atoms with Gasteiger partial charge in [-0.3, -0.25) is 9.59 Å². The zero-order valence-corrected chi connectivity index (χ0v) is 16.7. The molecule has 0 saturated heterocycles. The first-order chi connectivity index (χ1) is 13.9. The molecule has 7 nitrogen and oxygen atoms in total. The summed E-state index contributed by atoms with van der Waals surface area (Å²) in [7, 11) is 1.51. The Labute approximate surface area is 168 Å². The summed E-state index contributed by atoms with van der Waals surface area (Å²) in [6.07, 6.45) is 0. The number of hydrogen-bond acceptors (Lipinski definition) is 6. The highest BCUT2D eigenvalue weighted by molar-refractivity contribution is 6.05. The van der Waals surface area contributed by atoms with Gasteiger partial charge in [0, 0.05) is 16.8 Å². The highest BCUT2D eigenvalue weighted by atomic mass is 16.5. The molecular formula is C22H22N2O5. The number of nitrogens with zero attached hydrogens (tertiary/aromatic N) is 1. The van der Waals surface area contributed by atoms with E-state index in [0.717, 1.165) is 11.3 Å². The first-order valence-corrected chi connectivity index (χ1v) is 9.04. The SMILES string of the molecule is COc1cc(C(=O)Nc2ccc(C(C)=O)cc2)ccc1OCc1c(C)noc1C. The van der Waals surface area contributed by atoms with Gasteiger partial charge < -0.3 is 19.3 Å². The van der Waals surface area contributed by atoms with E-state index in [2.05, 4.69) is 10.5 Å². The second kappa shape index (κ2) is 8.60. The number of aromatic nitrogens is 1. The van der Waals surface area contributed by atoms with Crippen molar-refractivity contribution in [1.29, 1.82) is 0 Å². The van der Waals surface area contributed by atoms with Crippen molar-refractivity contribution in [2.75, 3.05) is 12.4 Å². The Balaban J connectivity index is 1.71. The van der Waals surface area contributed by atoms with Gasteiger partial charge in [-0.25, -0.2) is 0 Å². The summed E-state index contributed by atoms with van der Waals surface area (Å²) in [5.74, 6) is 1.33. The molecule has 3 aromatic rings.